The molecule has 0 saturated carbocycles. The Morgan fingerprint density at radius 3 is 2.59 bits per heavy atom. The molecule has 3 heterocycles. The number of amides is 2. The maximum Gasteiger partial charge on any atom is 0.269 e. The molecule has 2 aromatic carbocycles. The monoisotopic (exact) mass is 534 g/mol. The number of imide groups is 1. The van der Waals surface area contributed by atoms with Crippen LogP contribution in [0.3, 0.4) is 0 Å². The number of halogens is 1. The van der Waals surface area contributed by atoms with Crippen LogP contribution in [0.25, 0.3) is 0 Å². The van der Waals surface area contributed by atoms with Crippen LogP contribution in [0.2, 0.25) is 5.02 Å². The normalized spacial score (nSPS) is 22.6. The molecule has 3 aliphatic rings. The van der Waals surface area contributed by atoms with Gasteiger partial charge in [0, 0.05) is 22.0 Å². The van der Waals surface area contributed by atoms with Gasteiger partial charge in [-0.25, -0.2) is 9.96 Å². The highest BCUT2D eigenvalue weighted by Crippen LogP contribution is 2.50. The van der Waals surface area contributed by atoms with E-state index in [2.05, 4.69) is 6.07 Å². The van der Waals surface area contributed by atoms with Crippen molar-refractivity contribution in [3.63, 3.8) is 0 Å². The van der Waals surface area contributed by atoms with Gasteiger partial charge in [0.05, 0.1) is 22.2 Å². The number of fused-ring (bicyclic) bond motifs is 2. The average Bonchev–Trinajstić information content (AvgIpc) is 3.54. The first-order valence-electron chi connectivity index (χ1n) is 11.8. The van der Waals surface area contributed by atoms with Gasteiger partial charge < -0.3 is 0 Å². The molecule has 9 nitrogen and oxygen atoms in total. The van der Waals surface area contributed by atoms with E-state index in [1.807, 2.05) is 0 Å². The summed E-state index contributed by atoms with van der Waals surface area (Å²) >= 11 is 7.37. The Hall–Kier alpha value is -3.78. The van der Waals surface area contributed by atoms with Crippen molar-refractivity contribution in [2.24, 2.45) is 5.92 Å². The standard InChI is InChI=1S/C26H19ClN4O5S/c27-15-8-10-16(11-9-15)30-22(14-4-3-5-17(12-14)31(34)35)21-23(36-30)25(33)29(24(21)32)26-19(13-28)18-6-1-2-7-20(18)37-26/h3-5,8-12,21-23H,1-2,6-7H2/t21-,22-,23+/m1/s1. The van der Waals surface area contributed by atoms with E-state index in [-0.39, 0.29) is 5.69 Å². The molecule has 0 spiro atoms. The van der Waals surface area contributed by atoms with Crippen molar-refractivity contribution >= 4 is 51.1 Å². The van der Waals surface area contributed by atoms with Crippen LogP contribution in [0.5, 0.6) is 0 Å². The molecular formula is C26H19ClN4O5S. The summed E-state index contributed by atoms with van der Waals surface area (Å²) in [6.45, 7) is 0. The number of anilines is 2. The Morgan fingerprint density at radius 1 is 1.11 bits per heavy atom. The van der Waals surface area contributed by atoms with Crippen molar-refractivity contribution in [3.05, 3.63) is 85.2 Å². The summed E-state index contributed by atoms with van der Waals surface area (Å²) in [5.74, 6) is -1.99. The van der Waals surface area contributed by atoms with Crippen molar-refractivity contribution < 1.29 is 19.3 Å². The number of benzene rings is 2. The van der Waals surface area contributed by atoms with E-state index in [0.717, 1.165) is 41.0 Å². The molecule has 0 bridgehead atoms. The summed E-state index contributed by atoms with van der Waals surface area (Å²) in [4.78, 5) is 46.9. The molecule has 37 heavy (non-hydrogen) atoms. The Kier molecular flexibility index (Phi) is 5.71. The second-order valence-corrected chi connectivity index (χ2v) is 10.7. The third kappa shape index (κ3) is 3.70. The summed E-state index contributed by atoms with van der Waals surface area (Å²) in [6.07, 6.45) is 2.38. The summed E-state index contributed by atoms with van der Waals surface area (Å²) in [6, 6.07) is 14.1. The number of nitrogens with zero attached hydrogens (tertiary/aromatic N) is 4. The van der Waals surface area contributed by atoms with Crippen LogP contribution >= 0.6 is 22.9 Å². The van der Waals surface area contributed by atoms with Gasteiger partial charge in [-0.05, 0) is 61.1 Å². The number of aryl methyl sites for hydroxylation is 1. The number of hydrogen-bond acceptors (Lipinski definition) is 8. The number of carbonyl (C=O) groups excluding carboxylic acids is 2. The van der Waals surface area contributed by atoms with Gasteiger partial charge in [-0.2, -0.15) is 5.26 Å². The number of rotatable bonds is 4. The molecule has 2 saturated heterocycles. The third-order valence-electron chi connectivity index (χ3n) is 7.09. The highest BCUT2D eigenvalue weighted by atomic mass is 35.5. The van der Waals surface area contributed by atoms with Crippen LogP contribution in [0.15, 0.2) is 48.5 Å². The minimum absolute atomic E-state index is 0.136. The molecule has 6 rings (SSSR count). The van der Waals surface area contributed by atoms with Crippen molar-refractivity contribution in [1.82, 2.24) is 0 Å². The smallest absolute Gasteiger partial charge is 0.269 e. The molecule has 0 unspecified atom stereocenters. The second-order valence-electron chi connectivity index (χ2n) is 9.17. The van der Waals surface area contributed by atoms with Gasteiger partial charge in [-0.3, -0.25) is 24.5 Å². The van der Waals surface area contributed by atoms with Gasteiger partial charge in [-0.15, -0.1) is 11.3 Å². The predicted molar refractivity (Wildman–Crippen MR) is 136 cm³/mol. The van der Waals surface area contributed by atoms with Crippen molar-refractivity contribution in [1.29, 1.82) is 5.26 Å². The fourth-order valence-electron chi connectivity index (χ4n) is 5.41. The number of hydrogen-bond donors (Lipinski definition) is 0. The maximum atomic E-state index is 14.0. The number of nitro benzene ring substituents is 1. The Bertz CT molecular complexity index is 1500. The van der Waals surface area contributed by atoms with Gasteiger partial charge >= 0.3 is 0 Å². The zero-order chi connectivity index (χ0) is 25.8. The number of thiophene rings is 1. The summed E-state index contributed by atoms with van der Waals surface area (Å²) in [7, 11) is 0. The lowest BCUT2D eigenvalue weighted by molar-refractivity contribution is -0.384. The topological polar surface area (TPSA) is 117 Å². The number of nitriles is 1. The maximum absolute atomic E-state index is 14.0. The largest absolute Gasteiger partial charge is 0.273 e. The Balaban J connectivity index is 1.45. The van der Waals surface area contributed by atoms with Gasteiger partial charge in [0.1, 0.15) is 17.0 Å². The van der Waals surface area contributed by atoms with Crippen LogP contribution in [-0.4, -0.2) is 22.8 Å². The fraction of sp³-hybridized carbons (Fsp3) is 0.269. The zero-order valence-corrected chi connectivity index (χ0v) is 20.9. The SMILES string of the molecule is N#Cc1c(N2C(=O)[C@H]3[C@H](ON(c4ccc(Cl)cc4)[C@@H]3c3cccc([N+](=O)[O-])c3)C2=O)sc2c1CCCC2. The van der Waals surface area contributed by atoms with Crippen LogP contribution in [0.1, 0.15) is 40.5 Å². The Morgan fingerprint density at radius 2 is 1.86 bits per heavy atom. The van der Waals surface area contributed by atoms with Gasteiger partial charge in [-0.1, -0.05) is 23.7 Å². The average molecular weight is 535 g/mol. The zero-order valence-electron chi connectivity index (χ0n) is 19.3. The highest BCUT2D eigenvalue weighted by Gasteiger charge is 2.61. The van der Waals surface area contributed by atoms with Crippen molar-refractivity contribution in [2.45, 2.75) is 37.8 Å². The van der Waals surface area contributed by atoms with Crippen LogP contribution in [-0.2, 0) is 27.3 Å². The molecule has 186 valence electrons. The number of nitro groups is 1. The molecule has 0 N–H and O–H groups in total. The molecule has 3 atom stereocenters. The van der Waals surface area contributed by atoms with Gasteiger partial charge in [0.2, 0.25) is 5.91 Å². The number of carbonyl (C=O) groups is 2. The fourth-order valence-corrected chi connectivity index (χ4v) is 6.89. The number of non-ortho nitro benzene ring substituents is 1. The molecule has 0 radical (unpaired) electrons. The first-order valence-corrected chi connectivity index (χ1v) is 13.0. The van der Waals surface area contributed by atoms with E-state index in [1.165, 1.54) is 28.5 Å². The quantitative estimate of drug-likeness (QED) is 0.259. The lowest BCUT2D eigenvalue weighted by atomic mass is 9.90. The predicted octanol–water partition coefficient (Wildman–Crippen LogP) is 5.11. The minimum Gasteiger partial charge on any atom is -0.273 e. The van der Waals surface area contributed by atoms with Crippen LogP contribution in [0, 0.1) is 27.4 Å². The molecule has 2 aliphatic heterocycles. The molecule has 2 fully saturated rings. The first-order chi connectivity index (χ1) is 17.9. The molecule has 2 amide bonds. The van der Waals surface area contributed by atoms with Gasteiger partial charge in [0.15, 0.2) is 6.10 Å². The van der Waals surface area contributed by atoms with E-state index in [4.69, 9.17) is 16.4 Å². The van der Waals surface area contributed by atoms with Crippen LogP contribution in [0.4, 0.5) is 16.4 Å². The Labute approximate surface area is 220 Å². The minimum atomic E-state index is -1.14. The molecular weight excluding hydrogens is 516 g/mol. The summed E-state index contributed by atoms with van der Waals surface area (Å²) in [5.41, 5.74) is 2.17. The highest BCUT2D eigenvalue weighted by molar-refractivity contribution is 7.17. The number of hydroxylamine groups is 1. The summed E-state index contributed by atoms with van der Waals surface area (Å²) in [5, 5.41) is 23.7. The third-order valence-corrected chi connectivity index (χ3v) is 8.62. The van der Waals surface area contributed by atoms with Crippen molar-refractivity contribution in [2.75, 3.05) is 9.96 Å². The van der Waals surface area contributed by atoms with E-state index >= 15 is 0 Å². The molecule has 11 heteroatoms. The van der Waals surface area contributed by atoms with E-state index in [0.29, 0.717) is 26.8 Å². The van der Waals surface area contributed by atoms with E-state index in [1.54, 1.807) is 36.4 Å². The summed E-state index contributed by atoms with van der Waals surface area (Å²) < 4.78 is 0. The molecule has 1 aromatic heterocycles. The lowest BCUT2D eigenvalue weighted by Gasteiger charge is -2.28. The van der Waals surface area contributed by atoms with E-state index < -0.39 is 34.8 Å². The molecule has 3 aromatic rings. The second kappa shape index (κ2) is 8.95. The molecule has 1 aliphatic carbocycles. The first kappa shape index (κ1) is 23.6. The van der Waals surface area contributed by atoms with Crippen LogP contribution < -0.4 is 9.96 Å². The van der Waals surface area contributed by atoms with Crippen molar-refractivity contribution in [3.8, 4) is 6.07 Å². The lowest BCUT2D eigenvalue weighted by Crippen LogP contribution is -2.37. The van der Waals surface area contributed by atoms with E-state index in [9.17, 15) is 25.0 Å². The van der Waals surface area contributed by atoms with Gasteiger partial charge in [0.25, 0.3) is 11.6 Å².